The summed E-state index contributed by atoms with van der Waals surface area (Å²) in [5, 5.41) is 10.8. The summed E-state index contributed by atoms with van der Waals surface area (Å²) in [5.74, 6) is 2.52. The molecule has 0 aliphatic heterocycles. The molecule has 0 bridgehead atoms. The molecule has 0 fully saturated rings. The van der Waals surface area contributed by atoms with Crippen molar-refractivity contribution in [3.63, 3.8) is 0 Å². The van der Waals surface area contributed by atoms with E-state index in [4.69, 9.17) is 20.9 Å². The fourth-order valence-corrected chi connectivity index (χ4v) is 2.05. The van der Waals surface area contributed by atoms with Gasteiger partial charge in [0, 0.05) is 11.6 Å². The summed E-state index contributed by atoms with van der Waals surface area (Å²) in [5.41, 5.74) is 0. The van der Waals surface area contributed by atoms with Gasteiger partial charge in [0.2, 0.25) is 5.89 Å². The van der Waals surface area contributed by atoms with Crippen LogP contribution in [-0.2, 0) is 6.54 Å². The molecule has 2 aromatic rings. The Labute approximate surface area is 146 Å². The third-order valence-corrected chi connectivity index (χ3v) is 3.25. The van der Waals surface area contributed by atoms with Crippen LogP contribution in [0.3, 0.4) is 0 Å². The largest absolute Gasteiger partial charge is 0.489 e. The number of nitrogens with zero attached hydrogens (tertiary/aromatic N) is 3. The Morgan fingerprint density at radius 2 is 2.08 bits per heavy atom. The lowest BCUT2D eigenvalue weighted by molar-refractivity contribution is 0.224. The zero-order valence-electron chi connectivity index (χ0n) is 14.0. The van der Waals surface area contributed by atoms with Crippen LogP contribution in [-0.4, -0.2) is 35.3 Å². The van der Waals surface area contributed by atoms with Crippen LogP contribution in [0.5, 0.6) is 5.75 Å². The first-order valence-electron chi connectivity index (χ1n) is 7.80. The molecule has 1 heterocycles. The highest BCUT2D eigenvalue weighted by Crippen LogP contribution is 2.16. The molecule has 0 radical (unpaired) electrons. The van der Waals surface area contributed by atoms with E-state index in [0.29, 0.717) is 35.8 Å². The van der Waals surface area contributed by atoms with Gasteiger partial charge in [-0.1, -0.05) is 16.8 Å². The van der Waals surface area contributed by atoms with E-state index < -0.39 is 0 Å². The number of nitrogens with one attached hydrogen (secondary N) is 2. The van der Waals surface area contributed by atoms with Gasteiger partial charge in [-0.25, -0.2) is 4.99 Å². The van der Waals surface area contributed by atoms with Gasteiger partial charge in [-0.15, -0.1) is 0 Å². The normalized spacial score (nSPS) is 12.8. The highest BCUT2D eigenvalue weighted by molar-refractivity contribution is 6.30. The van der Waals surface area contributed by atoms with Crippen molar-refractivity contribution in [1.29, 1.82) is 0 Å². The van der Waals surface area contributed by atoms with Gasteiger partial charge in [-0.05, 0) is 45.0 Å². The number of hydrogen-bond donors (Lipinski definition) is 2. The summed E-state index contributed by atoms with van der Waals surface area (Å²) in [4.78, 5) is 8.54. The van der Waals surface area contributed by atoms with Gasteiger partial charge in [0.15, 0.2) is 11.8 Å². The summed E-state index contributed by atoms with van der Waals surface area (Å²) < 4.78 is 10.9. The Balaban J connectivity index is 1.84. The number of guanidine groups is 1. The first-order valence-corrected chi connectivity index (χ1v) is 8.18. The van der Waals surface area contributed by atoms with Crippen molar-refractivity contribution in [3.05, 3.63) is 41.0 Å². The summed E-state index contributed by atoms with van der Waals surface area (Å²) in [6.45, 7) is 7.42. The molecular weight excluding hydrogens is 330 g/mol. The topological polar surface area (TPSA) is 84.6 Å². The van der Waals surface area contributed by atoms with E-state index in [0.717, 1.165) is 12.3 Å². The number of halogens is 1. The molecule has 1 aromatic heterocycles. The van der Waals surface area contributed by atoms with Gasteiger partial charge < -0.3 is 19.9 Å². The monoisotopic (exact) mass is 351 g/mol. The molecule has 8 heteroatoms. The number of benzene rings is 1. The van der Waals surface area contributed by atoms with Crippen LogP contribution >= 0.6 is 11.6 Å². The molecule has 130 valence electrons. The molecule has 0 amide bonds. The number of aromatic nitrogens is 2. The summed E-state index contributed by atoms with van der Waals surface area (Å²) in [6, 6.07) is 7.29. The van der Waals surface area contributed by atoms with Crippen LogP contribution in [0.25, 0.3) is 0 Å². The molecule has 1 aromatic carbocycles. The summed E-state index contributed by atoms with van der Waals surface area (Å²) >= 11 is 5.86. The van der Waals surface area contributed by atoms with Crippen molar-refractivity contribution >= 4 is 17.6 Å². The first kappa shape index (κ1) is 18.1. The number of aliphatic imine (C=N–C) groups is 1. The first-order chi connectivity index (χ1) is 11.6. The average Bonchev–Trinajstić information content (AvgIpc) is 2.98. The van der Waals surface area contributed by atoms with Crippen LogP contribution in [0.2, 0.25) is 5.02 Å². The Morgan fingerprint density at radius 3 is 2.71 bits per heavy atom. The molecule has 0 saturated heterocycles. The molecule has 2 N–H and O–H groups in total. The molecule has 1 atom stereocenters. The minimum absolute atomic E-state index is 0.0410. The minimum atomic E-state index is -0.0410. The highest BCUT2D eigenvalue weighted by atomic mass is 35.5. The van der Waals surface area contributed by atoms with Crippen molar-refractivity contribution in [2.75, 3.05) is 13.1 Å². The maximum atomic E-state index is 5.86. The van der Waals surface area contributed by atoms with Crippen molar-refractivity contribution in [2.45, 2.75) is 33.4 Å². The second-order valence-electron chi connectivity index (χ2n) is 5.19. The fraction of sp³-hybridized carbons (Fsp3) is 0.438. The van der Waals surface area contributed by atoms with Crippen LogP contribution in [0.15, 0.2) is 33.8 Å². The van der Waals surface area contributed by atoms with Gasteiger partial charge in [-0.2, -0.15) is 4.98 Å². The molecule has 2 rings (SSSR count). The Hall–Kier alpha value is -2.28. The number of hydrogen-bond acceptors (Lipinski definition) is 5. The average molecular weight is 352 g/mol. The van der Waals surface area contributed by atoms with E-state index in [1.165, 1.54) is 0 Å². The van der Waals surface area contributed by atoms with Crippen molar-refractivity contribution in [1.82, 2.24) is 20.8 Å². The Bertz CT molecular complexity index is 657. The van der Waals surface area contributed by atoms with Crippen LogP contribution < -0.4 is 15.4 Å². The third kappa shape index (κ3) is 6.08. The Kier molecular flexibility index (Phi) is 6.87. The molecule has 0 spiro atoms. The molecular formula is C16H22ClN5O2. The van der Waals surface area contributed by atoms with Gasteiger partial charge in [0.1, 0.15) is 18.4 Å². The summed E-state index contributed by atoms with van der Waals surface area (Å²) in [7, 11) is 0. The highest BCUT2D eigenvalue weighted by Gasteiger charge is 2.07. The molecule has 1 unspecified atom stereocenters. The SMILES string of the molecule is CCNC(=NCc1nc(C)no1)NCC(C)Oc1ccc(Cl)cc1. The standard InChI is InChI=1S/C16H22ClN5O2/c1-4-18-16(20-10-15-21-12(3)22-24-15)19-9-11(2)23-14-7-5-13(17)6-8-14/h5-8,11H,4,9-10H2,1-3H3,(H2,18,19,20). The van der Waals surface area contributed by atoms with Crippen LogP contribution in [0, 0.1) is 6.92 Å². The van der Waals surface area contributed by atoms with E-state index in [9.17, 15) is 0 Å². The van der Waals surface area contributed by atoms with Crippen LogP contribution in [0.1, 0.15) is 25.6 Å². The van der Waals surface area contributed by atoms with Gasteiger partial charge in [0.05, 0.1) is 6.54 Å². The van der Waals surface area contributed by atoms with Gasteiger partial charge >= 0.3 is 0 Å². The number of rotatable bonds is 7. The van der Waals surface area contributed by atoms with Crippen molar-refractivity contribution in [2.24, 2.45) is 4.99 Å². The predicted molar refractivity (Wildman–Crippen MR) is 93.4 cm³/mol. The maximum absolute atomic E-state index is 5.86. The molecule has 0 aliphatic carbocycles. The molecule has 0 saturated carbocycles. The van der Waals surface area contributed by atoms with Crippen molar-refractivity contribution in [3.8, 4) is 5.75 Å². The number of ether oxygens (including phenoxy) is 1. The van der Waals surface area contributed by atoms with Crippen molar-refractivity contribution < 1.29 is 9.26 Å². The fourth-order valence-electron chi connectivity index (χ4n) is 1.92. The number of aryl methyl sites for hydroxylation is 1. The second kappa shape index (κ2) is 9.12. The quantitative estimate of drug-likeness (QED) is 0.589. The van der Waals surface area contributed by atoms with E-state index in [-0.39, 0.29) is 6.10 Å². The maximum Gasteiger partial charge on any atom is 0.248 e. The second-order valence-corrected chi connectivity index (χ2v) is 5.63. The molecule has 24 heavy (non-hydrogen) atoms. The molecule has 0 aliphatic rings. The lowest BCUT2D eigenvalue weighted by atomic mass is 10.3. The predicted octanol–water partition coefficient (Wildman–Crippen LogP) is 2.55. The lowest BCUT2D eigenvalue weighted by Gasteiger charge is -2.17. The summed E-state index contributed by atoms with van der Waals surface area (Å²) in [6.07, 6.45) is -0.0410. The Morgan fingerprint density at radius 1 is 1.33 bits per heavy atom. The van der Waals surface area contributed by atoms with Gasteiger partial charge in [-0.3, -0.25) is 0 Å². The van der Waals surface area contributed by atoms with E-state index >= 15 is 0 Å². The van der Waals surface area contributed by atoms with Crippen LogP contribution in [0.4, 0.5) is 0 Å². The van der Waals surface area contributed by atoms with Gasteiger partial charge in [0.25, 0.3) is 0 Å². The minimum Gasteiger partial charge on any atom is -0.489 e. The van der Waals surface area contributed by atoms with E-state index in [1.54, 1.807) is 19.1 Å². The van der Waals surface area contributed by atoms with E-state index in [2.05, 4.69) is 25.8 Å². The third-order valence-electron chi connectivity index (χ3n) is 2.99. The smallest absolute Gasteiger partial charge is 0.248 e. The lowest BCUT2D eigenvalue weighted by Crippen LogP contribution is -2.41. The van der Waals surface area contributed by atoms with E-state index in [1.807, 2.05) is 26.0 Å². The zero-order chi connectivity index (χ0) is 17.4. The zero-order valence-corrected chi connectivity index (χ0v) is 14.8. The molecule has 7 nitrogen and oxygen atoms in total.